The smallest absolute Gasteiger partial charge is 0.268 e. The number of amides is 1. The minimum atomic E-state index is -0.354. The summed E-state index contributed by atoms with van der Waals surface area (Å²) in [6, 6.07) is 1.44. The largest absolute Gasteiger partial charge is 0.351 e. The molecule has 0 fully saturated rings. The summed E-state index contributed by atoms with van der Waals surface area (Å²) in [4.78, 5) is 19.4. The number of H-pyrrole nitrogens is 1. The van der Waals surface area contributed by atoms with Gasteiger partial charge in [0.05, 0.1) is 5.38 Å². The summed E-state index contributed by atoms with van der Waals surface area (Å²) in [5, 5.41) is 8.39. The molecule has 0 saturated carbocycles. The molecule has 0 bridgehead atoms. The van der Waals surface area contributed by atoms with Gasteiger partial charge in [-0.25, -0.2) is 0 Å². The van der Waals surface area contributed by atoms with Gasteiger partial charge in [0.2, 0.25) is 5.89 Å². The predicted molar refractivity (Wildman–Crippen MR) is 78.1 cm³/mol. The average Bonchev–Trinajstić information content (AvgIpc) is 3.04. The third kappa shape index (κ3) is 2.85. The Morgan fingerprint density at radius 3 is 3.14 bits per heavy atom. The van der Waals surface area contributed by atoms with E-state index in [1.54, 1.807) is 19.9 Å². The molecule has 0 saturated heterocycles. The van der Waals surface area contributed by atoms with Crippen LogP contribution >= 0.6 is 11.6 Å². The van der Waals surface area contributed by atoms with E-state index < -0.39 is 0 Å². The molecule has 2 heterocycles. The lowest BCUT2D eigenvalue weighted by Crippen LogP contribution is -2.28. The molecule has 2 atom stereocenters. The molecule has 0 spiro atoms. The molecule has 110 valence electrons. The Morgan fingerprint density at radius 1 is 1.62 bits per heavy atom. The zero-order valence-electron chi connectivity index (χ0n) is 11.7. The van der Waals surface area contributed by atoms with Gasteiger partial charge in [0.25, 0.3) is 5.91 Å². The molecule has 2 aromatic rings. The van der Waals surface area contributed by atoms with E-state index in [9.17, 15) is 4.79 Å². The van der Waals surface area contributed by atoms with Gasteiger partial charge < -0.3 is 14.8 Å². The molecule has 0 aromatic carbocycles. The molecule has 0 radical (unpaired) electrons. The van der Waals surface area contributed by atoms with Crippen LogP contribution in [0.5, 0.6) is 0 Å². The molecule has 21 heavy (non-hydrogen) atoms. The van der Waals surface area contributed by atoms with Gasteiger partial charge in [-0.3, -0.25) is 4.79 Å². The van der Waals surface area contributed by atoms with E-state index in [4.69, 9.17) is 16.1 Å². The molecule has 1 aliphatic rings. The second-order valence-electron chi connectivity index (χ2n) is 5.05. The highest BCUT2D eigenvalue weighted by Crippen LogP contribution is 2.10. The van der Waals surface area contributed by atoms with Crippen LogP contribution in [0.4, 0.5) is 0 Å². The van der Waals surface area contributed by atoms with Gasteiger partial charge in [0.1, 0.15) is 11.7 Å². The summed E-state index contributed by atoms with van der Waals surface area (Å²) in [5.74, 6) is 0.704. The Labute approximate surface area is 125 Å². The fraction of sp³-hybridized carbons (Fsp3) is 0.357. The number of hydrogen-bond acceptors (Lipinski definition) is 4. The third-order valence-electron chi connectivity index (χ3n) is 3.29. The van der Waals surface area contributed by atoms with Crippen LogP contribution in [0, 0.1) is 6.92 Å². The number of rotatable bonds is 3. The van der Waals surface area contributed by atoms with Crippen molar-refractivity contribution in [2.24, 2.45) is 0 Å². The van der Waals surface area contributed by atoms with Crippen molar-refractivity contribution in [3.63, 3.8) is 0 Å². The maximum atomic E-state index is 12.2. The summed E-state index contributed by atoms with van der Waals surface area (Å²) >= 11 is 6.07. The molecule has 1 aliphatic carbocycles. The quantitative estimate of drug-likeness (QED) is 0.820. The number of halogens is 1. The molecule has 3 rings (SSSR count). The van der Waals surface area contributed by atoms with E-state index in [0.29, 0.717) is 17.4 Å². The van der Waals surface area contributed by atoms with Crippen LogP contribution in [0.1, 0.15) is 41.6 Å². The lowest BCUT2D eigenvalue weighted by Gasteiger charge is -2.08. The van der Waals surface area contributed by atoms with Gasteiger partial charge in [-0.2, -0.15) is 4.98 Å². The van der Waals surface area contributed by atoms with Crippen molar-refractivity contribution in [2.75, 3.05) is 0 Å². The van der Waals surface area contributed by atoms with Crippen molar-refractivity contribution in [3.8, 4) is 0 Å². The third-order valence-corrected chi connectivity index (χ3v) is 3.60. The van der Waals surface area contributed by atoms with Crippen LogP contribution in [0.2, 0.25) is 0 Å². The standard InChI is InChI=1S/C14H15ClN4O2/c1-7(14-17-8(2)19-21-14)16-13(20)12-6-9-5-10(15)3-4-11(9)18-12/h4-7,10,18H,3H2,1-2H3,(H,16,20). The Balaban J connectivity index is 1.79. The molecule has 2 unspecified atom stereocenters. The average molecular weight is 307 g/mol. The molecule has 2 N–H and O–H groups in total. The summed E-state index contributed by atoms with van der Waals surface area (Å²) < 4.78 is 5.04. The second kappa shape index (κ2) is 5.37. The summed E-state index contributed by atoms with van der Waals surface area (Å²) in [6.07, 6.45) is 4.69. The lowest BCUT2D eigenvalue weighted by atomic mass is 10.1. The summed E-state index contributed by atoms with van der Waals surface area (Å²) in [6.45, 7) is 3.52. The molecular formula is C14H15ClN4O2. The summed E-state index contributed by atoms with van der Waals surface area (Å²) in [5.41, 5.74) is 0.487. The van der Waals surface area contributed by atoms with E-state index in [2.05, 4.69) is 20.4 Å². The van der Waals surface area contributed by atoms with Gasteiger partial charge >= 0.3 is 0 Å². The van der Waals surface area contributed by atoms with Gasteiger partial charge in [-0.05, 0) is 31.6 Å². The Kier molecular flexibility index (Phi) is 3.55. The number of fused-ring (bicyclic) bond motifs is 1. The second-order valence-corrected chi connectivity index (χ2v) is 5.61. The van der Waals surface area contributed by atoms with Gasteiger partial charge in [-0.15, -0.1) is 11.6 Å². The van der Waals surface area contributed by atoms with Crippen LogP contribution in [0.15, 0.2) is 10.6 Å². The first-order valence-corrected chi connectivity index (χ1v) is 7.13. The van der Waals surface area contributed by atoms with E-state index in [-0.39, 0.29) is 17.3 Å². The number of nitrogens with one attached hydrogen (secondary N) is 2. The van der Waals surface area contributed by atoms with E-state index in [1.165, 1.54) is 0 Å². The van der Waals surface area contributed by atoms with Crippen molar-refractivity contribution in [2.45, 2.75) is 31.7 Å². The van der Waals surface area contributed by atoms with Crippen LogP contribution in [0.25, 0.3) is 12.2 Å². The number of carbonyl (C=O) groups excluding carboxylic acids is 1. The first-order valence-electron chi connectivity index (χ1n) is 6.69. The molecule has 2 aromatic heterocycles. The number of aryl methyl sites for hydroxylation is 1. The van der Waals surface area contributed by atoms with Crippen molar-refractivity contribution in [1.29, 1.82) is 0 Å². The summed E-state index contributed by atoms with van der Waals surface area (Å²) in [7, 11) is 0. The fourth-order valence-electron chi connectivity index (χ4n) is 2.23. The number of carbonyl (C=O) groups is 1. The Hall–Kier alpha value is -2.08. The van der Waals surface area contributed by atoms with Crippen LogP contribution in [0.3, 0.4) is 0 Å². The van der Waals surface area contributed by atoms with Crippen molar-refractivity contribution in [1.82, 2.24) is 20.4 Å². The minimum absolute atomic E-state index is 0.0236. The first kappa shape index (κ1) is 13.9. The SMILES string of the molecule is Cc1noc(C(C)NC(=O)c2cc3c([nH]2)=CCC(Cl)C=3)n1. The van der Waals surface area contributed by atoms with Crippen molar-refractivity contribution >= 4 is 29.7 Å². The zero-order chi connectivity index (χ0) is 15.0. The predicted octanol–water partition coefficient (Wildman–Crippen LogP) is 0.769. The van der Waals surface area contributed by atoms with Crippen molar-refractivity contribution < 1.29 is 9.32 Å². The van der Waals surface area contributed by atoms with Crippen molar-refractivity contribution in [3.05, 3.63) is 34.0 Å². The number of aromatic nitrogens is 3. The highest BCUT2D eigenvalue weighted by molar-refractivity contribution is 6.24. The normalized spacial score (nSPS) is 18.3. The van der Waals surface area contributed by atoms with Gasteiger partial charge in [-0.1, -0.05) is 17.3 Å². The number of nitrogens with zero attached hydrogens (tertiary/aromatic N) is 2. The van der Waals surface area contributed by atoms with Crippen LogP contribution < -0.4 is 15.9 Å². The van der Waals surface area contributed by atoms with Crippen LogP contribution in [-0.4, -0.2) is 26.4 Å². The molecule has 6 nitrogen and oxygen atoms in total. The lowest BCUT2D eigenvalue weighted by molar-refractivity contribution is 0.0928. The Bertz CT molecular complexity index is 792. The zero-order valence-corrected chi connectivity index (χ0v) is 12.4. The molecular weight excluding hydrogens is 292 g/mol. The highest BCUT2D eigenvalue weighted by atomic mass is 35.5. The number of alkyl halides is 1. The minimum Gasteiger partial charge on any atom is -0.351 e. The fourth-order valence-corrected chi connectivity index (χ4v) is 2.46. The van der Waals surface area contributed by atoms with E-state index >= 15 is 0 Å². The first-order chi connectivity index (χ1) is 10.0. The number of hydrogen-bond donors (Lipinski definition) is 2. The maximum Gasteiger partial charge on any atom is 0.268 e. The van der Waals surface area contributed by atoms with Gasteiger partial charge in [0.15, 0.2) is 5.82 Å². The van der Waals surface area contributed by atoms with Crippen LogP contribution in [-0.2, 0) is 0 Å². The highest BCUT2D eigenvalue weighted by Gasteiger charge is 2.18. The maximum absolute atomic E-state index is 12.2. The Morgan fingerprint density at radius 2 is 2.43 bits per heavy atom. The molecule has 0 aliphatic heterocycles. The molecule has 1 amide bonds. The van der Waals surface area contributed by atoms with E-state index in [0.717, 1.165) is 17.0 Å². The van der Waals surface area contributed by atoms with Gasteiger partial charge in [0, 0.05) is 5.35 Å². The monoisotopic (exact) mass is 306 g/mol. The topological polar surface area (TPSA) is 83.8 Å². The number of aromatic amines is 1. The molecule has 7 heteroatoms. The van der Waals surface area contributed by atoms with E-state index in [1.807, 2.05) is 12.2 Å².